The zero-order valence-corrected chi connectivity index (χ0v) is 20.1. The Balaban J connectivity index is -0.000000533. The van der Waals surface area contributed by atoms with Gasteiger partial charge < -0.3 is 0 Å². The van der Waals surface area contributed by atoms with Crippen LogP contribution in [-0.4, -0.2) is 0 Å². The van der Waals surface area contributed by atoms with Crippen LogP contribution < -0.4 is 0 Å². The van der Waals surface area contributed by atoms with Crippen LogP contribution in [0.2, 0.25) is 0 Å². The van der Waals surface area contributed by atoms with Crippen molar-refractivity contribution in [2.24, 2.45) is 11.3 Å². The highest BCUT2D eigenvalue weighted by atomic mass is 14.5. The van der Waals surface area contributed by atoms with Crippen LogP contribution in [-0.2, 0) is 0 Å². The Morgan fingerprint density at radius 1 is 0.760 bits per heavy atom. The van der Waals surface area contributed by atoms with Crippen LogP contribution in [0.15, 0.2) is 12.1 Å². The molecule has 0 amide bonds. The number of rotatable bonds is 3. The quantitative estimate of drug-likeness (QED) is 0.510. The van der Waals surface area contributed by atoms with Crippen molar-refractivity contribution in [2.75, 3.05) is 0 Å². The summed E-state index contributed by atoms with van der Waals surface area (Å²) in [5.41, 5.74) is 6.36. The molecule has 0 nitrogen and oxygen atoms in total. The predicted octanol–water partition coefficient (Wildman–Crippen LogP) is 9.07. The van der Waals surface area contributed by atoms with Gasteiger partial charge in [-0.25, -0.2) is 0 Å². The zero-order chi connectivity index (χ0) is 20.8. The van der Waals surface area contributed by atoms with Gasteiger partial charge in [0.1, 0.15) is 0 Å². The van der Waals surface area contributed by atoms with Gasteiger partial charge in [-0.1, -0.05) is 100 Å². The Bertz CT molecular complexity index is 403. The molecule has 1 radical (unpaired) electrons. The number of benzene rings is 1. The molecule has 1 fully saturated rings. The monoisotopic (exact) mass is 349 g/mol. The third-order valence-corrected chi connectivity index (χ3v) is 4.55. The first-order valence-electron chi connectivity index (χ1n) is 10.8. The summed E-state index contributed by atoms with van der Waals surface area (Å²) in [6, 6.07) is 4.65. The van der Waals surface area contributed by atoms with E-state index in [2.05, 4.69) is 60.1 Å². The lowest BCUT2D eigenvalue weighted by Gasteiger charge is -2.23. The van der Waals surface area contributed by atoms with Gasteiger partial charge in [0.05, 0.1) is 0 Å². The van der Waals surface area contributed by atoms with Gasteiger partial charge in [0.15, 0.2) is 0 Å². The fraction of sp³-hybridized carbons (Fsp3) is 0.720. The van der Waals surface area contributed by atoms with E-state index >= 15 is 0 Å². The summed E-state index contributed by atoms with van der Waals surface area (Å²) in [6.07, 6.45) is 3.79. The maximum absolute atomic E-state index is 2.54. The summed E-state index contributed by atoms with van der Waals surface area (Å²) >= 11 is 0. The fourth-order valence-electron chi connectivity index (χ4n) is 3.13. The molecule has 1 saturated carbocycles. The minimum absolute atomic E-state index is 0.453. The lowest BCUT2D eigenvalue weighted by molar-refractivity contribution is 0.299. The summed E-state index contributed by atoms with van der Waals surface area (Å²) < 4.78 is 0. The third-order valence-electron chi connectivity index (χ3n) is 4.55. The molecule has 1 aromatic carbocycles. The van der Waals surface area contributed by atoms with E-state index < -0.39 is 0 Å². The topological polar surface area (TPSA) is 0 Å². The largest absolute Gasteiger partial charge is 0.0683 e. The molecule has 149 valence electrons. The third kappa shape index (κ3) is 8.93. The number of hydrogen-bond donors (Lipinski definition) is 0. The Morgan fingerprint density at radius 3 is 1.44 bits per heavy atom. The van der Waals surface area contributed by atoms with E-state index in [4.69, 9.17) is 0 Å². The second kappa shape index (κ2) is 15.5. The van der Waals surface area contributed by atoms with Crippen LogP contribution in [0.25, 0.3) is 0 Å². The van der Waals surface area contributed by atoms with Gasteiger partial charge in [0, 0.05) is 0 Å². The van der Waals surface area contributed by atoms with Gasteiger partial charge in [-0.3, -0.25) is 0 Å². The molecule has 0 spiro atoms. The molecule has 1 aliphatic rings. The molecule has 1 aliphatic carbocycles. The smallest absolute Gasteiger partial charge is 0.00859 e. The molecule has 0 aromatic heterocycles. The summed E-state index contributed by atoms with van der Waals surface area (Å²) in [4.78, 5) is 0. The number of aryl methyl sites for hydroxylation is 3. The average molecular weight is 350 g/mol. The molecule has 0 heterocycles. The first-order chi connectivity index (χ1) is 11.9. The van der Waals surface area contributed by atoms with Crippen LogP contribution in [0, 0.1) is 38.5 Å². The molecular weight excluding hydrogens is 300 g/mol. The summed E-state index contributed by atoms with van der Waals surface area (Å²) in [6.45, 7) is 29.8. The lowest BCUT2D eigenvalue weighted by Crippen LogP contribution is -2.13. The molecule has 2 atom stereocenters. The molecule has 0 aliphatic heterocycles. The van der Waals surface area contributed by atoms with Crippen molar-refractivity contribution in [1.82, 2.24) is 0 Å². The maximum Gasteiger partial charge on any atom is -0.00859 e. The van der Waals surface area contributed by atoms with E-state index in [1.165, 1.54) is 23.1 Å². The first-order valence-corrected chi connectivity index (χ1v) is 10.8. The summed E-state index contributed by atoms with van der Waals surface area (Å²) in [7, 11) is 0. The van der Waals surface area contributed by atoms with Crippen molar-refractivity contribution in [3.05, 3.63) is 40.8 Å². The Kier molecular flexibility index (Phi) is 17.9. The van der Waals surface area contributed by atoms with Crippen LogP contribution in [0.4, 0.5) is 0 Å². The van der Waals surface area contributed by atoms with E-state index in [0.717, 1.165) is 5.92 Å². The maximum atomic E-state index is 2.54. The van der Waals surface area contributed by atoms with Crippen LogP contribution in [0.3, 0.4) is 0 Å². The van der Waals surface area contributed by atoms with Crippen molar-refractivity contribution >= 4 is 0 Å². The van der Waals surface area contributed by atoms with Gasteiger partial charge in [-0.15, -0.1) is 0 Å². The SMILES string of the molecule is CC.CC.CC.CC.CCC(C)(C)C1[CH]C1c1c(C)cc(C)cc1C. The van der Waals surface area contributed by atoms with Crippen molar-refractivity contribution in [3.8, 4) is 0 Å². The van der Waals surface area contributed by atoms with Gasteiger partial charge in [0.2, 0.25) is 0 Å². The standard InChI is InChI=1S/C17H25.4C2H6/c1-7-17(5,6)15-10-14(15)16-12(3)8-11(2)9-13(16)4;4*1-2/h8-10,14-15H,7H2,1-6H3;4*1-2H3. The lowest BCUT2D eigenvalue weighted by atomic mass is 9.82. The second-order valence-corrected chi connectivity index (χ2v) is 6.40. The highest BCUT2D eigenvalue weighted by molar-refractivity contribution is 5.46. The van der Waals surface area contributed by atoms with E-state index in [0.29, 0.717) is 11.3 Å². The Morgan fingerprint density at radius 2 is 1.12 bits per heavy atom. The van der Waals surface area contributed by atoms with Gasteiger partial charge in [-0.05, 0) is 61.1 Å². The minimum Gasteiger partial charge on any atom is -0.0683 e. The molecule has 0 bridgehead atoms. The molecule has 25 heavy (non-hydrogen) atoms. The highest BCUT2D eigenvalue weighted by Gasteiger charge is 2.48. The van der Waals surface area contributed by atoms with Crippen LogP contribution in [0.5, 0.6) is 0 Å². The van der Waals surface area contributed by atoms with E-state index in [9.17, 15) is 0 Å². The van der Waals surface area contributed by atoms with Gasteiger partial charge in [-0.2, -0.15) is 0 Å². The molecule has 0 heteroatoms. The fourth-order valence-corrected chi connectivity index (χ4v) is 3.13. The highest BCUT2D eigenvalue weighted by Crippen LogP contribution is 2.58. The predicted molar refractivity (Wildman–Crippen MR) is 121 cm³/mol. The van der Waals surface area contributed by atoms with E-state index in [-0.39, 0.29) is 0 Å². The summed E-state index contributed by atoms with van der Waals surface area (Å²) in [5, 5.41) is 0. The first kappa shape index (κ1) is 29.0. The molecule has 0 N–H and O–H groups in total. The molecule has 2 rings (SSSR count). The number of hydrogen-bond acceptors (Lipinski definition) is 0. The zero-order valence-electron chi connectivity index (χ0n) is 20.1. The Hall–Kier alpha value is -0.780. The minimum atomic E-state index is 0.453. The van der Waals surface area contributed by atoms with Gasteiger partial charge in [0.25, 0.3) is 0 Å². The molecular formula is C25H49. The second-order valence-electron chi connectivity index (χ2n) is 6.40. The normalized spacial score (nSPS) is 17.2. The van der Waals surface area contributed by atoms with Crippen molar-refractivity contribution in [3.63, 3.8) is 0 Å². The Labute approximate surface area is 161 Å². The van der Waals surface area contributed by atoms with E-state index in [1.807, 2.05) is 55.4 Å². The van der Waals surface area contributed by atoms with Crippen LogP contribution in [0.1, 0.15) is 111 Å². The average Bonchev–Trinajstić information content (AvgIpc) is 3.42. The van der Waals surface area contributed by atoms with Crippen molar-refractivity contribution < 1.29 is 0 Å². The van der Waals surface area contributed by atoms with E-state index in [1.54, 1.807) is 5.56 Å². The molecule has 1 aromatic rings. The van der Waals surface area contributed by atoms with Crippen LogP contribution >= 0.6 is 0 Å². The summed E-state index contributed by atoms with van der Waals surface area (Å²) in [5.74, 6) is 1.47. The van der Waals surface area contributed by atoms with Crippen molar-refractivity contribution in [1.29, 1.82) is 0 Å². The molecule has 2 unspecified atom stereocenters. The van der Waals surface area contributed by atoms with Gasteiger partial charge >= 0.3 is 0 Å². The molecule has 0 saturated heterocycles. The van der Waals surface area contributed by atoms with Crippen molar-refractivity contribution in [2.45, 2.75) is 109 Å².